The van der Waals surface area contributed by atoms with Gasteiger partial charge in [-0.1, -0.05) is 33.6 Å². The lowest BCUT2D eigenvalue weighted by Crippen LogP contribution is -2.37. The van der Waals surface area contributed by atoms with Crippen LogP contribution >= 0.6 is 27.5 Å². The first-order valence-electron chi connectivity index (χ1n) is 8.68. The minimum Gasteiger partial charge on any atom is -0.363 e. The molecule has 1 aliphatic rings. The number of nitro groups is 1. The maximum absolute atomic E-state index is 12.6. The van der Waals surface area contributed by atoms with Gasteiger partial charge >= 0.3 is 0 Å². The Hall–Kier alpha value is -2.12. The van der Waals surface area contributed by atoms with Gasteiger partial charge in [0.05, 0.1) is 15.6 Å². The predicted molar refractivity (Wildman–Crippen MR) is 111 cm³/mol. The molecule has 0 saturated carbocycles. The van der Waals surface area contributed by atoms with E-state index in [9.17, 15) is 14.9 Å². The van der Waals surface area contributed by atoms with Crippen molar-refractivity contribution in [2.24, 2.45) is 0 Å². The third-order valence-corrected chi connectivity index (χ3v) is 5.51. The molecule has 1 amide bonds. The Morgan fingerprint density at radius 3 is 2.78 bits per heavy atom. The molecule has 1 N–H and O–H groups in total. The Labute approximate surface area is 170 Å². The maximum atomic E-state index is 12.6. The van der Waals surface area contributed by atoms with Crippen LogP contribution in [0.2, 0.25) is 5.02 Å². The van der Waals surface area contributed by atoms with Crippen LogP contribution in [0.15, 0.2) is 40.9 Å². The highest BCUT2D eigenvalue weighted by Gasteiger charge is 2.27. The second kappa shape index (κ2) is 8.27. The molecule has 0 spiro atoms. The van der Waals surface area contributed by atoms with Crippen LogP contribution in [0.1, 0.15) is 36.5 Å². The topological polar surface area (TPSA) is 75.5 Å². The number of hydrogen-bond acceptors (Lipinski definition) is 4. The van der Waals surface area contributed by atoms with Crippen molar-refractivity contribution in [1.82, 2.24) is 0 Å². The van der Waals surface area contributed by atoms with Crippen molar-refractivity contribution in [3.8, 4) is 0 Å². The fourth-order valence-electron chi connectivity index (χ4n) is 3.30. The Balaban J connectivity index is 1.97. The molecule has 1 aliphatic heterocycles. The molecule has 142 valence electrons. The number of hydrogen-bond donors (Lipinski definition) is 1. The first-order valence-corrected chi connectivity index (χ1v) is 9.85. The van der Waals surface area contributed by atoms with Gasteiger partial charge < -0.3 is 10.2 Å². The van der Waals surface area contributed by atoms with Crippen molar-refractivity contribution < 1.29 is 9.72 Å². The van der Waals surface area contributed by atoms with E-state index in [4.69, 9.17) is 11.6 Å². The lowest BCUT2D eigenvalue weighted by atomic mass is 10.0. The molecule has 2 aromatic carbocycles. The highest BCUT2D eigenvalue weighted by atomic mass is 79.9. The molecule has 0 aliphatic carbocycles. The van der Waals surface area contributed by atoms with E-state index in [1.165, 1.54) is 6.07 Å². The summed E-state index contributed by atoms with van der Waals surface area (Å²) in [5.74, 6) is -0.329. The molecule has 0 unspecified atom stereocenters. The van der Waals surface area contributed by atoms with Crippen molar-refractivity contribution >= 4 is 50.5 Å². The Bertz CT molecular complexity index is 890. The summed E-state index contributed by atoms with van der Waals surface area (Å²) in [4.78, 5) is 25.7. The van der Waals surface area contributed by atoms with Gasteiger partial charge in [-0.3, -0.25) is 14.9 Å². The normalized spacial score (nSPS) is 16.9. The maximum Gasteiger partial charge on any atom is 0.294 e. The van der Waals surface area contributed by atoms with E-state index in [1.807, 2.05) is 11.0 Å². The number of rotatable bonds is 4. The average molecular weight is 453 g/mol. The molecule has 3 rings (SSSR count). The van der Waals surface area contributed by atoms with E-state index in [0.29, 0.717) is 16.9 Å². The lowest BCUT2D eigenvalue weighted by molar-refractivity contribution is -0.384. The molecule has 27 heavy (non-hydrogen) atoms. The van der Waals surface area contributed by atoms with Crippen LogP contribution < -0.4 is 10.2 Å². The highest BCUT2D eigenvalue weighted by Crippen LogP contribution is 2.39. The van der Waals surface area contributed by atoms with Crippen LogP contribution in [0.4, 0.5) is 17.1 Å². The second-order valence-electron chi connectivity index (χ2n) is 6.58. The summed E-state index contributed by atoms with van der Waals surface area (Å²) in [5.41, 5.74) is 1.27. The molecular weight excluding hydrogens is 434 g/mol. The van der Waals surface area contributed by atoms with Crippen LogP contribution in [0.3, 0.4) is 0 Å². The van der Waals surface area contributed by atoms with Gasteiger partial charge in [0.2, 0.25) is 0 Å². The molecule has 1 fully saturated rings. The molecule has 1 heterocycles. The zero-order chi connectivity index (χ0) is 19.6. The van der Waals surface area contributed by atoms with Crippen molar-refractivity contribution in [3.63, 3.8) is 0 Å². The molecule has 6 nitrogen and oxygen atoms in total. The van der Waals surface area contributed by atoms with Crippen molar-refractivity contribution in [2.75, 3.05) is 16.8 Å². The smallest absolute Gasteiger partial charge is 0.294 e. The number of halogens is 2. The van der Waals surface area contributed by atoms with Crippen LogP contribution in [0, 0.1) is 10.1 Å². The number of benzene rings is 2. The average Bonchev–Trinajstić information content (AvgIpc) is 2.63. The Morgan fingerprint density at radius 1 is 1.33 bits per heavy atom. The van der Waals surface area contributed by atoms with Gasteiger partial charge in [0.1, 0.15) is 5.69 Å². The third-order valence-electron chi connectivity index (χ3n) is 4.71. The molecular formula is C19H19BrClN3O3. The molecule has 8 heteroatoms. The molecule has 1 atom stereocenters. The fourth-order valence-corrected chi connectivity index (χ4v) is 3.91. The lowest BCUT2D eigenvalue weighted by Gasteiger charge is -2.35. The Kier molecular flexibility index (Phi) is 6.01. The van der Waals surface area contributed by atoms with E-state index in [1.54, 1.807) is 24.3 Å². The summed E-state index contributed by atoms with van der Waals surface area (Å²) >= 11 is 9.58. The van der Waals surface area contributed by atoms with Crippen LogP contribution in [0.25, 0.3) is 0 Å². The Morgan fingerprint density at radius 2 is 2.11 bits per heavy atom. The van der Waals surface area contributed by atoms with Gasteiger partial charge in [0, 0.05) is 28.7 Å². The van der Waals surface area contributed by atoms with Gasteiger partial charge in [-0.05, 0) is 50.5 Å². The highest BCUT2D eigenvalue weighted by molar-refractivity contribution is 9.10. The van der Waals surface area contributed by atoms with Crippen LogP contribution in [0.5, 0.6) is 0 Å². The molecule has 0 radical (unpaired) electrons. The molecule has 1 saturated heterocycles. The summed E-state index contributed by atoms with van der Waals surface area (Å²) < 4.78 is 0.785. The van der Waals surface area contributed by atoms with Crippen LogP contribution in [-0.2, 0) is 0 Å². The number of carbonyl (C=O) groups is 1. The van der Waals surface area contributed by atoms with Crippen LogP contribution in [-0.4, -0.2) is 23.4 Å². The number of nitro benzene ring substituents is 1. The van der Waals surface area contributed by atoms with Crippen molar-refractivity contribution in [1.29, 1.82) is 0 Å². The van der Waals surface area contributed by atoms with E-state index >= 15 is 0 Å². The number of nitrogens with one attached hydrogen (secondary N) is 1. The monoisotopic (exact) mass is 451 g/mol. The van der Waals surface area contributed by atoms with Gasteiger partial charge in [0.15, 0.2) is 0 Å². The summed E-state index contributed by atoms with van der Waals surface area (Å²) in [6, 6.07) is 10.1. The van der Waals surface area contributed by atoms with Crippen molar-refractivity contribution in [3.05, 3.63) is 61.6 Å². The zero-order valence-corrected chi connectivity index (χ0v) is 17.1. The summed E-state index contributed by atoms with van der Waals surface area (Å²) in [6.07, 6.45) is 3.05. The van der Waals surface area contributed by atoms with E-state index in [2.05, 4.69) is 28.2 Å². The summed E-state index contributed by atoms with van der Waals surface area (Å²) in [6.45, 7) is 2.79. The summed E-state index contributed by atoms with van der Waals surface area (Å²) in [5, 5.41) is 14.5. The quantitative estimate of drug-likeness (QED) is 0.481. The molecule has 0 bridgehead atoms. The molecule has 2 aromatic rings. The van der Waals surface area contributed by atoms with Gasteiger partial charge in [-0.15, -0.1) is 0 Å². The van der Waals surface area contributed by atoms with E-state index < -0.39 is 4.92 Å². The predicted octanol–water partition coefficient (Wildman–Crippen LogP) is 5.64. The number of nitrogens with zero attached hydrogens (tertiary/aromatic N) is 2. The van der Waals surface area contributed by atoms with Gasteiger partial charge in [0.25, 0.3) is 11.6 Å². The SMILES string of the molecule is C[C@H]1CCCCN1c1cc(NC(=O)c2cccc(Br)c2)c(Cl)cc1[N+](=O)[O-]. The van der Waals surface area contributed by atoms with Gasteiger partial charge in [-0.2, -0.15) is 0 Å². The van der Waals surface area contributed by atoms with Gasteiger partial charge in [-0.25, -0.2) is 0 Å². The number of anilines is 2. The largest absolute Gasteiger partial charge is 0.363 e. The minimum absolute atomic E-state index is 0.0470. The van der Waals surface area contributed by atoms with E-state index in [0.717, 1.165) is 30.3 Å². The van der Waals surface area contributed by atoms with Crippen molar-refractivity contribution in [2.45, 2.75) is 32.2 Å². The molecule has 0 aromatic heterocycles. The number of amides is 1. The number of carbonyl (C=O) groups excluding carboxylic acids is 1. The second-order valence-corrected chi connectivity index (χ2v) is 7.90. The van der Waals surface area contributed by atoms with E-state index in [-0.39, 0.29) is 22.7 Å². The number of piperidine rings is 1. The summed E-state index contributed by atoms with van der Waals surface area (Å²) in [7, 11) is 0. The fraction of sp³-hybridized carbons (Fsp3) is 0.316. The zero-order valence-electron chi connectivity index (χ0n) is 14.7. The first-order chi connectivity index (χ1) is 12.9. The third kappa shape index (κ3) is 4.42. The minimum atomic E-state index is -0.428. The first kappa shape index (κ1) is 19.6. The standard InChI is InChI=1S/C19H19BrClN3O3/c1-12-5-2-3-8-23(12)17-11-16(15(21)10-18(17)24(26)27)22-19(25)13-6-4-7-14(20)9-13/h4,6-7,9-12H,2-3,5,8H2,1H3,(H,22,25)/t12-/m0/s1.